The first-order valence-electron chi connectivity index (χ1n) is 6.84. The summed E-state index contributed by atoms with van der Waals surface area (Å²) in [5.41, 5.74) is 1.63. The van der Waals surface area contributed by atoms with Crippen molar-refractivity contribution >= 4 is 46.3 Å². The molecule has 1 aromatic heterocycles. The van der Waals surface area contributed by atoms with E-state index < -0.39 is 0 Å². The number of anilines is 4. The molecule has 3 aromatic rings. The number of benzene rings is 2. The van der Waals surface area contributed by atoms with Crippen molar-refractivity contribution in [1.82, 2.24) is 15.2 Å². The van der Waals surface area contributed by atoms with Crippen LogP contribution < -0.4 is 10.2 Å². The van der Waals surface area contributed by atoms with Gasteiger partial charge < -0.3 is 10.2 Å². The van der Waals surface area contributed by atoms with Gasteiger partial charge in [0.2, 0.25) is 5.95 Å². The van der Waals surface area contributed by atoms with E-state index in [0.717, 1.165) is 5.69 Å². The number of nitrogens with zero attached hydrogens (tertiary/aromatic N) is 4. The molecule has 0 radical (unpaired) electrons. The van der Waals surface area contributed by atoms with Crippen LogP contribution in [0.5, 0.6) is 0 Å². The molecule has 0 spiro atoms. The molecule has 0 atom stereocenters. The zero-order chi connectivity index (χ0) is 16.2. The van der Waals surface area contributed by atoms with Crippen LogP contribution in [-0.4, -0.2) is 22.2 Å². The summed E-state index contributed by atoms with van der Waals surface area (Å²) in [6.07, 6.45) is 1.59. The first-order chi connectivity index (χ1) is 11.1. The summed E-state index contributed by atoms with van der Waals surface area (Å²) >= 11 is 12.2. The Morgan fingerprint density at radius 2 is 1.78 bits per heavy atom. The lowest BCUT2D eigenvalue weighted by Gasteiger charge is -2.18. The molecule has 3 rings (SSSR count). The van der Waals surface area contributed by atoms with Crippen molar-refractivity contribution in [2.24, 2.45) is 0 Å². The van der Waals surface area contributed by atoms with Crippen LogP contribution in [0.15, 0.2) is 54.7 Å². The fourth-order valence-electron chi connectivity index (χ4n) is 2.01. The van der Waals surface area contributed by atoms with Crippen molar-refractivity contribution in [2.75, 3.05) is 17.3 Å². The van der Waals surface area contributed by atoms with Crippen LogP contribution in [0.4, 0.5) is 23.1 Å². The smallest absolute Gasteiger partial charge is 0.249 e. The molecule has 0 fully saturated rings. The number of hydrogen-bond acceptors (Lipinski definition) is 5. The van der Waals surface area contributed by atoms with Crippen molar-refractivity contribution in [3.05, 3.63) is 64.8 Å². The predicted molar refractivity (Wildman–Crippen MR) is 94.1 cm³/mol. The number of nitrogens with one attached hydrogen (secondary N) is 1. The monoisotopic (exact) mass is 345 g/mol. The average molecular weight is 346 g/mol. The van der Waals surface area contributed by atoms with E-state index >= 15 is 0 Å². The van der Waals surface area contributed by atoms with E-state index in [1.54, 1.807) is 24.4 Å². The average Bonchev–Trinajstić information content (AvgIpc) is 2.59. The van der Waals surface area contributed by atoms with Crippen LogP contribution in [0.3, 0.4) is 0 Å². The van der Waals surface area contributed by atoms with Gasteiger partial charge in [-0.15, -0.1) is 5.10 Å². The Morgan fingerprint density at radius 1 is 1.00 bits per heavy atom. The number of rotatable bonds is 4. The molecule has 0 aliphatic rings. The quantitative estimate of drug-likeness (QED) is 0.743. The summed E-state index contributed by atoms with van der Waals surface area (Å²) in [6, 6.07) is 15.2. The second-order valence-electron chi connectivity index (χ2n) is 4.76. The van der Waals surface area contributed by atoms with Crippen molar-refractivity contribution < 1.29 is 0 Å². The highest BCUT2D eigenvalue weighted by molar-refractivity contribution is 6.43. The van der Waals surface area contributed by atoms with Crippen molar-refractivity contribution in [3.63, 3.8) is 0 Å². The highest BCUT2D eigenvalue weighted by Crippen LogP contribution is 2.31. The van der Waals surface area contributed by atoms with Crippen molar-refractivity contribution in [1.29, 1.82) is 0 Å². The molecule has 0 saturated carbocycles. The fraction of sp³-hybridized carbons (Fsp3) is 0.0625. The Labute approximate surface area is 143 Å². The molecule has 2 aromatic carbocycles. The summed E-state index contributed by atoms with van der Waals surface area (Å²) in [5, 5.41) is 11.9. The molecule has 23 heavy (non-hydrogen) atoms. The molecule has 0 amide bonds. The second-order valence-corrected chi connectivity index (χ2v) is 5.54. The van der Waals surface area contributed by atoms with Gasteiger partial charge in [0.1, 0.15) is 0 Å². The summed E-state index contributed by atoms with van der Waals surface area (Å²) in [6.45, 7) is 0. The Balaban J connectivity index is 1.87. The van der Waals surface area contributed by atoms with E-state index in [-0.39, 0.29) is 0 Å². The molecule has 0 aliphatic heterocycles. The summed E-state index contributed by atoms with van der Waals surface area (Å²) in [7, 11) is 1.91. The van der Waals surface area contributed by atoms with E-state index in [4.69, 9.17) is 23.2 Å². The van der Waals surface area contributed by atoms with E-state index in [9.17, 15) is 0 Å². The SMILES string of the molecule is CN(c1ccccc1)c1cnnc(Nc2cccc(Cl)c2Cl)n1. The number of aromatic nitrogens is 3. The van der Waals surface area contributed by atoms with Crippen LogP contribution in [0.1, 0.15) is 0 Å². The van der Waals surface area contributed by atoms with E-state index in [1.165, 1.54) is 0 Å². The highest BCUT2D eigenvalue weighted by Gasteiger charge is 2.10. The van der Waals surface area contributed by atoms with Crippen molar-refractivity contribution in [3.8, 4) is 0 Å². The van der Waals surface area contributed by atoms with Crippen LogP contribution in [0.2, 0.25) is 10.0 Å². The zero-order valence-electron chi connectivity index (χ0n) is 12.2. The number of para-hydroxylation sites is 1. The van der Waals surface area contributed by atoms with Crippen LogP contribution in [0, 0.1) is 0 Å². The molecule has 1 N–H and O–H groups in total. The molecule has 1 heterocycles. The third-order valence-electron chi connectivity index (χ3n) is 3.23. The van der Waals surface area contributed by atoms with Gasteiger partial charge in [0.25, 0.3) is 0 Å². The Hall–Kier alpha value is -2.37. The van der Waals surface area contributed by atoms with Gasteiger partial charge in [0, 0.05) is 12.7 Å². The zero-order valence-corrected chi connectivity index (χ0v) is 13.8. The van der Waals surface area contributed by atoms with Gasteiger partial charge >= 0.3 is 0 Å². The first-order valence-corrected chi connectivity index (χ1v) is 7.60. The van der Waals surface area contributed by atoms with Crippen LogP contribution in [0.25, 0.3) is 0 Å². The van der Waals surface area contributed by atoms with Gasteiger partial charge in [-0.2, -0.15) is 10.1 Å². The molecule has 0 saturated heterocycles. The number of halogens is 2. The van der Waals surface area contributed by atoms with Gasteiger partial charge in [-0.25, -0.2) is 0 Å². The predicted octanol–water partition coefficient (Wildman–Crippen LogP) is 4.69. The molecule has 116 valence electrons. The van der Waals surface area contributed by atoms with Gasteiger partial charge in [-0.1, -0.05) is 47.5 Å². The second kappa shape index (κ2) is 6.81. The fourth-order valence-corrected chi connectivity index (χ4v) is 2.36. The molecular formula is C16H13Cl2N5. The molecule has 7 heteroatoms. The molecule has 0 unspecified atom stereocenters. The third-order valence-corrected chi connectivity index (χ3v) is 4.05. The Bertz CT molecular complexity index is 811. The standard InChI is InChI=1S/C16H13Cl2N5/c1-23(11-6-3-2-4-7-11)14-10-19-22-16(21-14)20-13-9-5-8-12(17)15(13)18/h2-10H,1H3,(H,20,21,22). The minimum absolute atomic E-state index is 0.342. The topological polar surface area (TPSA) is 53.9 Å². The van der Waals surface area contributed by atoms with E-state index in [0.29, 0.717) is 27.5 Å². The largest absolute Gasteiger partial charge is 0.328 e. The first kappa shape index (κ1) is 15.5. The lowest BCUT2D eigenvalue weighted by Crippen LogP contribution is -2.13. The third kappa shape index (κ3) is 3.52. The summed E-state index contributed by atoms with van der Waals surface area (Å²) in [4.78, 5) is 6.37. The van der Waals surface area contributed by atoms with Gasteiger partial charge in [0.15, 0.2) is 5.82 Å². The van der Waals surface area contributed by atoms with Crippen LogP contribution >= 0.6 is 23.2 Å². The minimum atomic E-state index is 0.342. The minimum Gasteiger partial charge on any atom is -0.328 e. The molecular weight excluding hydrogens is 333 g/mol. The van der Waals surface area contributed by atoms with E-state index in [2.05, 4.69) is 20.5 Å². The Morgan fingerprint density at radius 3 is 2.57 bits per heavy atom. The molecule has 0 aliphatic carbocycles. The normalized spacial score (nSPS) is 10.4. The maximum Gasteiger partial charge on any atom is 0.249 e. The van der Waals surface area contributed by atoms with Crippen LogP contribution in [-0.2, 0) is 0 Å². The highest BCUT2D eigenvalue weighted by atomic mass is 35.5. The van der Waals surface area contributed by atoms with Gasteiger partial charge in [-0.05, 0) is 24.3 Å². The van der Waals surface area contributed by atoms with Gasteiger partial charge in [-0.3, -0.25) is 0 Å². The van der Waals surface area contributed by atoms with E-state index in [1.807, 2.05) is 42.3 Å². The molecule has 0 bridgehead atoms. The van der Waals surface area contributed by atoms with Gasteiger partial charge in [0.05, 0.1) is 21.9 Å². The summed E-state index contributed by atoms with van der Waals surface area (Å²) < 4.78 is 0. The maximum absolute atomic E-state index is 6.16. The van der Waals surface area contributed by atoms with Crippen molar-refractivity contribution in [2.45, 2.75) is 0 Å². The Kier molecular flexibility index (Phi) is 4.60. The lowest BCUT2D eigenvalue weighted by atomic mass is 10.3. The maximum atomic E-state index is 6.16. The lowest BCUT2D eigenvalue weighted by molar-refractivity contribution is 0.957. The molecule has 5 nitrogen and oxygen atoms in total. The summed E-state index contributed by atoms with van der Waals surface area (Å²) in [5.74, 6) is 1.00. The number of hydrogen-bond donors (Lipinski definition) is 1.